The number of aliphatic hydroxyl groups is 1. The molecule has 1 unspecified atom stereocenters. The van der Waals surface area contributed by atoms with Gasteiger partial charge in [0.15, 0.2) is 0 Å². The molecule has 0 aromatic rings. The zero-order valence-electron chi connectivity index (χ0n) is 5.63. The predicted octanol–water partition coefficient (Wildman–Crippen LogP) is 0.902. The number of allylic oxidation sites excluding steroid dienone is 1. The van der Waals surface area contributed by atoms with E-state index in [0.717, 1.165) is 0 Å². The number of ketones is 1. The van der Waals surface area contributed by atoms with E-state index in [1.807, 2.05) is 0 Å². The Bertz CT molecular complexity index is 105. The first kappa shape index (κ1) is 8.37. The summed E-state index contributed by atoms with van der Waals surface area (Å²) in [5.74, 6) is 0.0417. The molecular formula is C7H12O2. The van der Waals surface area contributed by atoms with Crippen LogP contribution in [0.3, 0.4) is 0 Å². The van der Waals surface area contributed by atoms with Gasteiger partial charge in [0.2, 0.25) is 0 Å². The quantitative estimate of drug-likeness (QED) is 0.571. The first-order chi connectivity index (χ1) is 4.16. The van der Waals surface area contributed by atoms with E-state index in [-0.39, 0.29) is 12.2 Å². The molecule has 0 amide bonds. The van der Waals surface area contributed by atoms with Crippen molar-refractivity contribution in [3.8, 4) is 0 Å². The van der Waals surface area contributed by atoms with E-state index in [9.17, 15) is 4.79 Å². The Morgan fingerprint density at radius 1 is 1.89 bits per heavy atom. The highest BCUT2D eigenvalue weighted by atomic mass is 16.3. The fraction of sp³-hybridized carbons (Fsp3) is 0.571. The second-order valence-electron chi connectivity index (χ2n) is 2.08. The lowest BCUT2D eigenvalue weighted by molar-refractivity contribution is -0.119. The van der Waals surface area contributed by atoms with Crippen LogP contribution < -0.4 is 0 Å². The molecule has 0 aliphatic carbocycles. The predicted molar refractivity (Wildman–Crippen MR) is 36.1 cm³/mol. The highest BCUT2D eigenvalue weighted by molar-refractivity contribution is 5.80. The van der Waals surface area contributed by atoms with Crippen LogP contribution in [0.1, 0.15) is 19.8 Å². The first-order valence-corrected chi connectivity index (χ1v) is 2.97. The summed E-state index contributed by atoms with van der Waals surface area (Å²) in [6.45, 7) is 5.00. The van der Waals surface area contributed by atoms with Crippen molar-refractivity contribution in [2.75, 3.05) is 0 Å². The Morgan fingerprint density at radius 2 is 2.44 bits per heavy atom. The van der Waals surface area contributed by atoms with Crippen LogP contribution in [-0.2, 0) is 4.79 Å². The maximum absolute atomic E-state index is 10.6. The number of hydrogen-bond acceptors (Lipinski definition) is 2. The third-order valence-electron chi connectivity index (χ3n) is 0.895. The summed E-state index contributed by atoms with van der Waals surface area (Å²) in [4.78, 5) is 10.6. The van der Waals surface area contributed by atoms with Gasteiger partial charge in [-0.2, -0.15) is 0 Å². The summed E-state index contributed by atoms with van der Waals surface area (Å²) >= 11 is 0. The minimum Gasteiger partial charge on any atom is -0.393 e. The van der Waals surface area contributed by atoms with Gasteiger partial charge >= 0.3 is 0 Å². The van der Waals surface area contributed by atoms with Gasteiger partial charge in [-0.25, -0.2) is 0 Å². The van der Waals surface area contributed by atoms with E-state index < -0.39 is 6.10 Å². The van der Waals surface area contributed by atoms with E-state index >= 15 is 0 Å². The van der Waals surface area contributed by atoms with Crippen molar-refractivity contribution in [1.82, 2.24) is 0 Å². The zero-order valence-corrected chi connectivity index (χ0v) is 5.63. The van der Waals surface area contributed by atoms with Gasteiger partial charge in [0, 0.05) is 12.8 Å². The van der Waals surface area contributed by atoms with E-state index in [0.29, 0.717) is 6.42 Å². The normalized spacial score (nSPS) is 12.7. The van der Waals surface area contributed by atoms with Crippen molar-refractivity contribution < 1.29 is 9.90 Å². The zero-order chi connectivity index (χ0) is 7.28. The Kier molecular flexibility index (Phi) is 3.97. The van der Waals surface area contributed by atoms with Gasteiger partial charge in [-0.15, -0.1) is 6.58 Å². The van der Waals surface area contributed by atoms with Crippen LogP contribution in [0, 0.1) is 0 Å². The molecule has 0 fully saturated rings. The number of rotatable bonds is 4. The van der Waals surface area contributed by atoms with E-state index in [1.54, 1.807) is 13.0 Å². The Morgan fingerprint density at radius 3 is 2.78 bits per heavy atom. The first-order valence-electron chi connectivity index (χ1n) is 2.97. The number of Topliss-reactive ketones (excluding diaryl/α,β-unsaturated/α-hetero) is 1. The smallest absolute Gasteiger partial charge is 0.139 e. The fourth-order valence-electron chi connectivity index (χ4n) is 0.574. The van der Waals surface area contributed by atoms with Crippen molar-refractivity contribution in [2.24, 2.45) is 0 Å². The fourth-order valence-corrected chi connectivity index (χ4v) is 0.574. The average molecular weight is 128 g/mol. The highest BCUT2D eigenvalue weighted by Crippen LogP contribution is 1.94. The van der Waals surface area contributed by atoms with Crippen LogP contribution >= 0.6 is 0 Å². The summed E-state index contributed by atoms with van der Waals surface area (Å²) in [6.07, 6.45) is 1.64. The minimum absolute atomic E-state index is 0.0417. The molecule has 0 heterocycles. The highest BCUT2D eigenvalue weighted by Gasteiger charge is 2.02. The van der Waals surface area contributed by atoms with Crippen molar-refractivity contribution in [2.45, 2.75) is 25.9 Å². The lowest BCUT2D eigenvalue weighted by Gasteiger charge is -1.98. The molecule has 2 heteroatoms. The number of carbonyl (C=O) groups is 1. The molecule has 1 N–H and O–H groups in total. The topological polar surface area (TPSA) is 37.3 Å². The van der Waals surface area contributed by atoms with Gasteiger partial charge in [-0.05, 0) is 6.92 Å². The average Bonchev–Trinajstić information content (AvgIpc) is 1.63. The monoisotopic (exact) mass is 128 g/mol. The maximum atomic E-state index is 10.6. The van der Waals surface area contributed by atoms with Crippen LogP contribution in [0.25, 0.3) is 0 Å². The molecule has 0 bridgehead atoms. The third-order valence-corrected chi connectivity index (χ3v) is 0.895. The molecule has 0 saturated carbocycles. The number of hydrogen-bond donors (Lipinski definition) is 1. The van der Waals surface area contributed by atoms with Crippen molar-refractivity contribution in [1.29, 1.82) is 0 Å². The van der Waals surface area contributed by atoms with E-state index in [1.165, 1.54) is 0 Å². The van der Waals surface area contributed by atoms with Gasteiger partial charge in [0.25, 0.3) is 0 Å². The lowest BCUT2D eigenvalue weighted by Crippen LogP contribution is -2.07. The molecular weight excluding hydrogens is 116 g/mol. The molecule has 0 spiro atoms. The molecule has 2 nitrogen and oxygen atoms in total. The van der Waals surface area contributed by atoms with Crippen LogP contribution in [0.4, 0.5) is 0 Å². The molecule has 9 heavy (non-hydrogen) atoms. The van der Waals surface area contributed by atoms with Gasteiger partial charge in [-0.1, -0.05) is 6.08 Å². The minimum atomic E-state index is -0.516. The molecule has 0 radical (unpaired) electrons. The van der Waals surface area contributed by atoms with Crippen LogP contribution in [0.15, 0.2) is 12.7 Å². The van der Waals surface area contributed by atoms with Crippen LogP contribution in [0.5, 0.6) is 0 Å². The molecule has 0 aromatic heterocycles. The van der Waals surface area contributed by atoms with E-state index in [4.69, 9.17) is 5.11 Å². The van der Waals surface area contributed by atoms with Gasteiger partial charge < -0.3 is 5.11 Å². The Labute approximate surface area is 55.2 Å². The number of carbonyl (C=O) groups excluding carboxylic acids is 1. The van der Waals surface area contributed by atoms with Gasteiger partial charge in [-0.3, -0.25) is 4.79 Å². The lowest BCUT2D eigenvalue weighted by atomic mass is 10.1. The van der Waals surface area contributed by atoms with E-state index in [2.05, 4.69) is 6.58 Å². The Balaban J connectivity index is 3.38. The second-order valence-corrected chi connectivity index (χ2v) is 2.08. The molecule has 0 rings (SSSR count). The van der Waals surface area contributed by atoms with Gasteiger partial charge in [0.1, 0.15) is 5.78 Å². The maximum Gasteiger partial charge on any atom is 0.139 e. The molecule has 52 valence electrons. The Hall–Kier alpha value is -0.630. The summed E-state index contributed by atoms with van der Waals surface area (Å²) in [5, 5.41) is 8.69. The number of aliphatic hydroxyl groups excluding tert-OH is 1. The van der Waals surface area contributed by atoms with Crippen molar-refractivity contribution in [3.05, 3.63) is 12.7 Å². The standard InChI is InChI=1S/C7H12O2/c1-3-4-7(9)5-6(2)8/h3,6,8H,1,4-5H2,2H3. The van der Waals surface area contributed by atoms with Crippen LogP contribution in [0.2, 0.25) is 0 Å². The largest absolute Gasteiger partial charge is 0.393 e. The SMILES string of the molecule is C=CCC(=O)CC(C)O. The summed E-state index contributed by atoms with van der Waals surface area (Å²) in [7, 11) is 0. The second kappa shape index (κ2) is 4.27. The summed E-state index contributed by atoms with van der Waals surface area (Å²) in [5.41, 5.74) is 0. The third kappa shape index (κ3) is 5.24. The van der Waals surface area contributed by atoms with Crippen molar-refractivity contribution >= 4 is 5.78 Å². The molecule has 0 saturated heterocycles. The summed E-state index contributed by atoms with van der Waals surface area (Å²) < 4.78 is 0. The van der Waals surface area contributed by atoms with Crippen LogP contribution in [-0.4, -0.2) is 17.0 Å². The molecule has 0 aliphatic heterocycles. The van der Waals surface area contributed by atoms with Gasteiger partial charge in [0.05, 0.1) is 6.10 Å². The molecule has 0 aromatic carbocycles. The van der Waals surface area contributed by atoms with Crippen molar-refractivity contribution in [3.63, 3.8) is 0 Å². The summed E-state index contributed by atoms with van der Waals surface area (Å²) in [6, 6.07) is 0. The molecule has 1 atom stereocenters. The molecule has 0 aliphatic rings.